The van der Waals surface area contributed by atoms with Crippen molar-refractivity contribution >= 4 is 34.2 Å². The largest absolute Gasteiger partial charge is 0.339 e. The van der Waals surface area contributed by atoms with E-state index < -0.39 is 0 Å². The molecule has 0 aliphatic rings. The molecule has 8 heteroatoms. The molecule has 0 aliphatic heterocycles. The fraction of sp³-hybridized carbons (Fsp3) is 0.105. The van der Waals surface area contributed by atoms with Gasteiger partial charge in [0.1, 0.15) is 17.2 Å². The number of fused-ring (bicyclic) bond motifs is 1. The molecule has 0 fully saturated rings. The van der Waals surface area contributed by atoms with Crippen LogP contribution in [0.5, 0.6) is 0 Å². The van der Waals surface area contributed by atoms with Gasteiger partial charge in [-0.2, -0.15) is 5.10 Å². The molecule has 3 N–H and O–H groups in total. The molecule has 0 spiro atoms. The second-order valence-corrected chi connectivity index (χ2v) is 6.40. The topological polar surface area (TPSA) is 86.5 Å². The predicted molar refractivity (Wildman–Crippen MR) is 102 cm³/mol. The van der Waals surface area contributed by atoms with Gasteiger partial charge in [-0.3, -0.25) is 9.89 Å². The van der Waals surface area contributed by atoms with Crippen LogP contribution in [0.15, 0.2) is 42.6 Å². The Morgan fingerprint density at radius 1 is 1.26 bits per heavy atom. The molecule has 6 nitrogen and oxygen atoms in total. The SMILES string of the molecule is CCc1n[nH]c(C(=O)Nc2cnc3[nH]c(-c4ccc(F)cc4)cc3c2)c1Cl. The molecular weight excluding hydrogens is 369 g/mol. The molecule has 136 valence electrons. The van der Waals surface area contributed by atoms with Gasteiger partial charge in [-0.15, -0.1) is 0 Å². The number of carbonyl (C=O) groups excluding carboxylic acids is 1. The molecule has 0 radical (unpaired) electrons. The number of nitrogens with one attached hydrogen (secondary N) is 3. The summed E-state index contributed by atoms with van der Waals surface area (Å²) in [6, 6.07) is 9.87. The van der Waals surface area contributed by atoms with Crippen LogP contribution in [0.1, 0.15) is 23.1 Å². The summed E-state index contributed by atoms with van der Waals surface area (Å²) in [6.07, 6.45) is 2.18. The van der Waals surface area contributed by atoms with E-state index in [1.54, 1.807) is 24.4 Å². The van der Waals surface area contributed by atoms with Gasteiger partial charge in [0, 0.05) is 11.1 Å². The second kappa shape index (κ2) is 6.85. The van der Waals surface area contributed by atoms with Gasteiger partial charge < -0.3 is 10.3 Å². The number of halogens is 2. The summed E-state index contributed by atoms with van der Waals surface area (Å²) in [5.41, 5.74) is 3.71. The van der Waals surface area contributed by atoms with Crippen LogP contribution in [0, 0.1) is 5.82 Å². The van der Waals surface area contributed by atoms with E-state index in [9.17, 15) is 9.18 Å². The van der Waals surface area contributed by atoms with Crippen molar-refractivity contribution in [3.63, 3.8) is 0 Å². The summed E-state index contributed by atoms with van der Waals surface area (Å²) in [4.78, 5) is 19.9. The maximum Gasteiger partial charge on any atom is 0.275 e. The Hall–Kier alpha value is -3.19. The summed E-state index contributed by atoms with van der Waals surface area (Å²) >= 11 is 6.16. The van der Waals surface area contributed by atoms with Crippen LogP contribution in [0.25, 0.3) is 22.3 Å². The Kier molecular flexibility index (Phi) is 4.37. The molecule has 4 aromatic rings. The number of hydrogen-bond acceptors (Lipinski definition) is 3. The summed E-state index contributed by atoms with van der Waals surface area (Å²) in [5.74, 6) is -0.677. The van der Waals surface area contributed by atoms with Crippen LogP contribution in [-0.4, -0.2) is 26.1 Å². The van der Waals surface area contributed by atoms with Crippen molar-refractivity contribution in [3.05, 3.63) is 64.8 Å². The first kappa shape index (κ1) is 17.2. The first-order chi connectivity index (χ1) is 13.0. The minimum atomic E-state index is -0.386. The third kappa shape index (κ3) is 3.29. The molecule has 0 saturated heterocycles. The molecule has 0 saturated carbocycles. The maximum absolute atomic E-state index is 13.1. The second-order valence-electron chi connectivity index (χ2n) is 6.02. The minimum absolute atomic E-state index is 0.217. The lowest BCUT2D eigenvalue weighted by atomic mass is 10.1. The third-order valence-electron chi connectivity index (χ3n) is 4.22. The predicted octanol–water partition coefficient (Wildman–Crippen LogP) is 4.56. The molecule has 0 bridgehead atoms. The van der Waals surface area contributed by atoms with Gasteiger partial charge in [-0.25, -0.2) is 9.37 Å². The number of hydrogen-bond donors (Lipinski definition) is 3. The summed E-state index contributed by atoms with van der Waals surface area (Å²) in [5, 5.41) is 10.6. The van der Waals surface area contributed by atoms with Crippen molar-refractivity contribution in [2.45, 2.75) is 13.3 Å². The molecule has 1 amide bonds. The first-order valence-corrected chi connectivity index (χ1v) is 8.71. The third-order valence-corrected chi connectivity index (χ3v) is 4.63. The van der Waals surface area contributed by atoms with E-state index in [0.717, 1.165) is 16.6 Å². The highest BCUT2D eigenvalue weighted by Crippen LogP contribution is 2.26. The van der Waals surface area contributed by atoms with Crippen molar-refractivity contribution in [1.82, 2.24) is 20.2 Å². The number of aromatic amines is 2. The van der Waals surface area contributed by atoms with Gasteiger partial charge in [0.2, 0.25) is 0 Å². The van der Waals surface area contributed by atoms with E-state index in [1.165, 1.54) is 12.1 Å². The van der Waals surface area contributed by atoms with Crippen molar-refractivity contribution in [1.29, 1.82) is 0 Å². The molecule has 0 unspecified atom stereocenters. The summed E-state index contributed by atoms with van der Waals surface area (Å²) in [6.45, 7) is 1.91. The minimum Gasteiger partial charge on any atom is -0.339 e. The number of anilines is 1. The normalized spacial score (nSPS) is 11.1. The smallest absolute Gasteiger partial charge is 0.275 e. The lowest BCUT2D eigenvalue weighted by molar-refractivity contribution is 0.102. The monoisotopic (exact) mass is 383 g/mol. The van der Waals surface area contributed by atoms with Crippen LogP contribution in [-0.2, 0) is 6.42 Å². The highest BCUT2D eigenvalue weighted by Gasteiger charge is 2.17. The number of pyridine rings is 1. The molecule has 0 atom stereocenters. The summed E-state index contributed by atoms with van der Waals surface area (Å²) < 4.78 is 13.1. The average molecular weight is 384 g/mol. The van der Waals surface area contributed by atoms with Gasteiger partial charge in [-0.05, 0) is 48.4 Å². The number of aromatic nitrogens is 4. The molecule has 1 aromatic carbocycles. The molecule has 3 aromatic heterocycles. The van der Waals surface area contributed by atoms with Crippen LogP contribution >= 0.6 is 11.6 Å². The lowest BCUT2D eigenvalue weighted by Gasteiger charge is -2.03. The highest BCUT2D eigenvalue weighted by molar-refractivity contribution is 6.34. The number of rotatable bonds is 4. The first-order valence-electron chi connectivity index (χ1n) is 8.34. The van der Waals surface area contributed by atoms with E-state index in [-0.39, 0.29) is 17.4 Å². The molecule has 27 heavy (non-hydrogen) atoms. The lowest BCUT2D eigenvalue weighted by Crippen LogP contribution is -2.13. The van der Waals surface area contributed by atoms with E-state index in [4.69, 9.17) is 11.6 Å². The summed E-state index contributed by atoms with van der Waals surface area (Å²) in [7, 11) is 0. The van der Waals surface area contributed by atoms with Crippen molar-refractivity contribution in [2.24, 2.45) is 0 Å². The van der Waals surface area contributed by atoms with Gasteiger partial charge in [0.15, 0.2) is 0 Å². The zero-order valence-corrected chi connectivity index (χ0v) is 15.1. The zero-order chi connectivity index (χ0) is 19.0. The molecule has 3 heterocycles. The van der Waals surface area contributed by atoms with Crippen molar-refractivity contribution in [2.75, 3.05) is 5.32 Å². The zero-order valence-electron chi connectivity index (χ0n) is 14.3. The van der Waals surface area contributed by atoms with Gasteiger partial charge in [0.25, 0.3) is 5.91 Å². The quantitative estimate of drug-likeness (QED) is 0.482. The molecular formula is C19H15ClFN5O. The maximum atomic E-state index is 13.1. The van der Waals surface area contributed by atoms with E-state index in [2.05, 4.69) is 25.5 Å². The number of amides is 1. The average Bonchev–Trinajstić information content (AvgIpc) is 3.25. The van der Waals surface area contributed by atoms with E-state index in [0.29, 0.717) is 28.5 Å². The van der Waals surface area contributed by atoms with E-state index >= 15 is 0 Å². The molecule has 0 aliphatic carbocycles. The van der Waals surface area contributed by atoms with Crippen LogP contribution in [0.4, 0.5) is 10.1 Å². The van der Waals surface area contributed by atoms with Gasteiger partial charge in [-0.1, -0.05) is 18.5 Å². The Morgan fingerprint density at radius 2 is 2.04 bits per heavy atom. The fourth-order valence-corrected chi connectivity index (χ4v) is 3.12. The van der Waals surface area contributed by atoms with Crippen molar-refractivity contribution in [3.8, 4) is 11.3 Å². The standard InChI is InChI=1S/C19H15ClFN5O/c1-2-14-16(20)17(26-25-14)19(27)23-13-7-11-8-15(24-18(11)22-9-13)10-3-5-12(21)6-4-10/h3-9H,2H2,1H3,(H,22,24)(H,23,27)(H,25,26). The Labute approximate surface area is 158 Å². The number of carbonyl (C=O) groups is 1. The van der Waals surface area contributed by atoms with Crippen LogP contribution in [0.2, 0.25) is 5.02 Å². The molecule has 4 rings (SSSR count). The number of aryl methyl sites for hydroxylation is 1. The number of nitrogens with zero attached hydrogens (tertiary/aromatic N) is 2. The number of benzene rings is 1. The van der Waals surface area contributed by atoms with Crippen LogP contribution < -0.4 is 5.32 Å². The fourth-order valence-electron chi connectivity index (χ4n) is 2.81. The van der Waals surface area contributed by atoms with E-state index in [1.807, 2.05) is 13.0 Å². The van der Waals surface area contributed by atoms with Crippen molar-refractivity contribution < 1.29 is 9.18 Å². The Morgan fingerprint density at radius 3 is 2.74 bits per heavy atom. The van der Waals surface area contributed by atoms with Gasteiger partial charge in [0.05, 0.1) is 22.6 Å². The Bertz CT molecular complexity index is 1130. The Balaban J connectivity index is 1.60. The number of H-pyrrole nitrogens is 2. The van der Waals surface area contributed by atoms with Gasteiger partial charge >= 0.3 is 0 Å². The highest BCUT2D eigenvalue weighted by atomic mass is 35.5. The van der Waals surface area contributed by atoms with Crippen LogP contribution in [0.3, 0.4) is 0 Å².